The van der Waals surface area contributed by atoms with E-state index in [1.807, 2.05) is 0 Å². The molecule has 2 aromatic rings. The molecule has 0 fully saturated rings. The van der Waals surface area contributed by atoms with Crippen LogP contribution < -0.4 is 21.5 Å². The number of nitrogens with zero attached hydrogens (tertiary/aromatic N) is 2. The number of rotatable bonds is 6. The van der Waals surface area contributed by atoms with Crippen LogP contribution in [0.15, 0.2) is 49.1 Å². The van der Waals surface area contributed by atoms with Crippen molar-refractivity contribution in [2.24, 2.45) is 0 Å². The van der Waals surface area contributed by atoms with Gasteiger partial charge in [0.1, 0.15) is 13.1 Å². The Balaban J connectivity index is -0.000000101. The predicted octanol–water partition coefficient (Wildman–Crippen LogP) is 3.50. The Kier molecular flexibility index (Phi) is 31.2. The number of hydrogen-bond acceptors (Lipinski definition) is 0. The highest BCUT2D eigenvalue weighted by atomic mass is 35.5. The molecule has 0 aliphatic heterocycles. The van der Waals surface area contributed by atoms with E-state index in [0.29, 0.717) is 0 Å². The first-order chi connectivity index (χ1) is 10.7. The summed E-state index contributed by atoms with van der Waals surface area (Å²) >= 11 is 0. The smallest absolute Gasteiger partial charge is 0.169 e. The summed E-state index contributed by atoms with van der Waals surface area (Å²) < 4.78 is 4.47. The van der Waals surface area contributed by atoms with Crippen LogP contribution in [0.2, 0.25) is 0 Å². The molecule has 2 aromatic heterocycles. The average molecular weight is 421 g/mol. The molecule has 0 amide bonds. The second-order valence-corrected chi connectivity index (χ2v) is 5.93. The van der Waals surface area contributed by atoms with E-state index in [9.17, 15) is 0 Å². The van der Waals surface area contributed by atoms with Crippen molar-refractivity contribution in [3.63, 3.8) is 0 Å². The Morgan fingerprint density at radius 1 is 0.630 bits per heavy atom. The van der Waals surface area contributed by atoms with Crippen LogP contribution in [-0.2, 0) is 13.1 Å². The average Bonchev–Trinajstić information content (AvgIpc) is 2.54. The molecule has 4 heteroatoms. The van der Waals surface area contributed by atoms with Gasteiger partial charge in [-0.2, -0.15) is 0 Å². The first kappa shape index (κ1) is 36.7. The van der Waals surface area contributed by atoms with Gasteiger partial charge in [0, 0.05) is 37.1 Å². The standard InChI is InChI=1S/2C10H16N.3CH4.2ClH/c2*1-3-4-7-11-8-5-10(2)6-9-11;;;;;/h2*5-6,8-9H,3-4,7H2,1-2H3;3*1H4;2*1H/q2*+1;;;;;/p-1. The molecule has 0 saturated heterocycles. The van der Waals surface area contributed by atoms with Gasteiger partial charge in [-0.3, -0.25) is 0 Å². The van der Waals surface area contributed by atoms with Gasteiger partial charge in [-0.25, -0.2) is 9.13 Å². The molecular formula is C23H45Cl2N2+. The van der Waals surface area contributed by atoms with Gasteiger partial charge in [0.15, 0.2) is 24.8 Å². The van der Waals surface area contributed by atoms with Crippen LogP contribution in [0, 0.1) is 13.8 Å². The molecule has 0 aliphatic rings. The molecule has 2 heterocycles. The van der Waals surface area contributed by atoms with E-state index < -0.39 is 0 Å². The normalized spacial score (nSPS) is 8.15. The number of halogens is 2. The highest BCUT2D eigenvalue weighted by molar-refractivity contribution is 5.85. The highest BCUT2D eigenvalue weighted by Gasteiger charge is 1.96. The van der Waals surface area contributed by atoms with Crippen molar-refractivity contribution in [2.75, 3.05) is 0 Å². The number of aryl methyl sites for hydroxylation is 4. The molecule has 0 aromatic carbocycles. The second-order valence-electron chi connectivity index (χ2n) is 5.93. The van der Waals surface area contributed by atoms with E-state index in [-0.39, 0.29) is 47.1 Å². The Labute approximate surface area is 182 Å². The number of pyridine rings is 2. The molecule has 0 aliphatic carbocycles. The lowest BCUT2D eigenvalue weighted by Gasteiger charge is -1.94. The van der Waals surface area contributed by atoms with Gasteiger partial charge in [-0.1, -0.05) is 49.0 Å². The van der Waals surface area contributed by atoms with Crippen LogP contribution in [0.3, 0.4) is 0 Å². The molecule has 160 valence electrons. The number of unbranched alkanes of at least 4 members (excludes halogenated alkanes) is 2. The topological polar surface area (TPSA) is 7.76 Å². The molecule has 0 bridgehead atoms. The van der Waals surface area contributed by atoms with Crippen molar-refractivity contribution in [2.45, 2.75) is 88.7 Å². The summed E-state index contributed by atoms with van der Waals surface area (Å²) in [6, 6.07) is 8.59. The summed E-state index contributed by atoms with van der Waals surface area (Å²) in [5.74, 6) is 0. The monoisotopic (exact) mass is 419 g/mol. The zero-order valence-corrected chi connectivity index (χ0v) is 17.1. The quantitative estimate of drug-likeness (QED) is 0.632. The SMILES string of the molecule is C.C.C.CCCC[n+]1ccc(C)cc1.CCCC[n+]1ccc(C)cc1.Cl.[Cl-]. The van der Waals surface area contributed by atoms with Gasteiger partial charge >= 0.3 is 0 Å². The Bertz CT molecular complexity index is 461. The molecule has 2 rings (SSSR count). The van der Waals surface area contributed by atoms with E-state index in [2.05, 4.69) is 85.9 Å². The Morgan fingerprint density at radius 2 is 0.889 bits per heavy atom. The predicted molar refractivity (Wildman–Crippen MR) is 120 cm³/mol. The zero-order chi connectivity index (χ0) is 16.2. The minimum atomic E-state index is 0. The molecule has 0 spiro atoms. The lowest BCUT2D eigenvalue weighted by Crippen LogP contribution is -3.00. The first-order valence-corrected chi connectivity index (χ1v) is 8.57. The van der Waals surface area contributed by atoms with E-state index in [0.717, 1.165) is 13.1 Å². The van der Waals surface area contributed by atoms with Gasteiger partial charge < -0.3 is 12.4 Å². The van der Waals surface area contributed by atoms with Crippen molar-refractivity contribution < 1.29 is 21.5 Å². The summed E-state index contributed by atoms with van der Waals surface area (Å²) in [6.07, 6.45) is 13.6. The highest BCUT2D eigenvalue weighted by Crippen LogP contribution is 1.92. The molecule has 0 N–H and O–H groups in total. The molecule has 2 nitrogen and oxygen atoms in total. The van der Waals surface area contributed by atoms with Crippen molar-refractivity contribution in [3.8, 4) is 0 Å². The Morgan fingerprint density at radius 3 is 1.11 bits per heavy atom. The molecule has 0 unspecified atom stereocenters. The van der Waals surface area contributed by atoms with E-state index in [4.69, 9.17) is 0 Å². The van der Waals surface area contributed by atoms with Crippen LogP contribution >= 0.6 is 12.4 Å². The van der Waals surface area contributed by atoms with Crippen LogP contribution in [0.5, 0.6) is 0 Å². The summed E-state index contributed by atoms with van der Waals surface area (Å²) in [4.78, 5) is 0. The lowest BCUT2D eigenvalue weighted by molar-refractivity contribution is -0.697. The van der Waals surface area contributed by atoms with Crippen LogP contribution in [0.25, 0.3) is 0 Å². The van der Waals surface area contributed by atoms with Crippen molar-refractivity contribution in [1.82, 2.24) is 0 Å². The maximum atomic E-state index is 2.23. The van der Waals surface area contributed by atoms with Gasteiger partial charge in [0.25, 0.3) is 0 Å². The third-order valence-electron chi connectivity index (χ3n) is 3.66. The van der Waals surface area contributed by atoms with Crippen molar-refractivity contribution >= 4 is 12.4 Å². The van der Waals surface area contributed by atoms with Gasteiger partial charge in [0.2, 0.25) is 0 Å². The second kappa shape index (κ2) is 22.9. The third-order valence-corrected chi connectivity index (χ3v) is 3.66. The summed E-state index contributed by atoms with van der Waals surface area (Å²) in [5, 5.41) is 0. The molecule has 27 heavy (non-hydrogen) atoms. The fourth-order valence-corrected chi connectivity index (χ4v) is 2.04. The number of hydrogen-bond donors (Lipinski definition) is 0. The zero-order valence-electron chi connectivity index (χ0n) is 15.5. The van der Waals surface area contributed by atoms with Crippen LogP contribution in [-0.4, -0.2) is 0 Å². The van der Waals surface area contributed by atoms with E-state index in [1.54, 1.807) is 0 Å². The van der Waals surface area contributed by atoms with Gasteiger partial charge in [-0.15, -0.1) is 12.4 Å². The van der Waals surface area contributed by atoms with Gasteiger partial charge in [0.05, 0.1) is 0 Å². The van der Waals surface area contributed by atoms with Gasteiger partial charge in [-0.05, 0) is 25.0 Å². The van der Waals surface area contributed by atoms with E-state index >= 15 is 0 Å². The van der Waals surface area contributed by atoms with Crippen molar-refractivity contribution in [1.29, 1.82) is 0 Å². The van der Waals surface area contributed by atoms with E-state index in [1.165, 1.54) is 36.8 Å². The lowest BCUT2D eigenvalue weighted by atomic mass is 10.3. The molecule has 0 saturated carbocycles. The maximum absolute atomic E-state index is 2.23. The minimum Gasteiger partial charge on any atom is -1.00 e. The summed E-state index contributed by atoms with van der Waals surface area (Å²) in [5.41, 5.74) is 2.66. The van der Waals surface area contributed by atoms with Crippen LogP contribution in [0.1, 0.15) is 72.9 Å². The van der Waals surface area contributed by atoms with Crippen molar-refractivity contribution in [3.05, 3.63) is 60.2 Å². The molecular weight excluding hydrogens is 375 g/mol. The fourth-order valence-electron chi connectivity index (χ4n) is 2.04. The molecule has 0 atom stereocenters. The fraction of sp³-hybridized carbons (Fsp3) is 0.565. The minimum absolute atomic E-state index is 0. The molecule has 0 radical (unpaired) electrons. The summed E-state index contributed by atoms with van der Waals surface area (Å²) in [7, 11) is 0. The van der Waals surface area contributed by atoms with Crippen LogP contribution in [0.4, 0.5) is 0 Å². The largest absolute Gasteiger partial charge is 1.00 e. The first-order valence-electron chi connectivity index (χ1n) is 8.57. The maximum Gasteiger partial charge on any atom is 0.169 e. The third kappa shape index (κ3) is 18.0. The number of aromatic nitrogens is 2. The Hall–Kier alpha value is -1.12. The summed E-state index contributed by atoms with van der Waals surface area (Å²) in [6.45, 7) is 11.0.